The van der Waals surface area contributed by atoms with Gasteiger partial charge in [0.1, 0.15) is 0 Å². The van der Waals surface area contributed by atoms with Gasteiger partial charge in [-0.2, -0.15) is 0 Å². The zero-order valence-electron chi connectivity index (χ0n) is 11.9. The fourth-order valence-electron chi connectivity index (χ4n) is 2.81. The Labute approximate surface area is 122 Å². The van der Waals surface area contributed by atoms with Gasteiger partial charge < -0.3 is 10.2 Å². The number of thiazole rings is 1. The zero-order chi connectivity index (χ0) is 14.3. The first-order chi connectivity index (χ1) is 9.44. The minimum absolute atomic E-state index is 0.00834. The zero-order valence-corrected chi connectivity index (χ0v) is 12.7. The molecule has 1 aromatic heterocycles. The summed E-state index contributed by atoms with van der Waals surface area (Å²) in [5, 5.41) is 3.67. The maximum Gasteiger partial charge on any atom is 0.239 e. The number of ketones is 1. The standard InChI is InChI=1S/C14H19N3O2S/c1-14(2)6-9-12(10(18)7-14)20-13(16-9)17-5-3-4-15-11(19)8-17/h3-8H2,1-2H3,(H,15,19). The van der Waals surface area contributed by atoms with Gasteiger partial charge in [-0.15, -0.1) is 0 Å². The third kappa shape index (κ3) is 2.57. The molecule has 0 atom stereocenters. The predicted molar refractivity (Wildman–Crippen MR) is 78.4 cm³/mol. The number of carbonyl (C=O) groups excluding carboxylic acids is 2. The van der Waals surface area contributed by atoms with Gasteiger partial charge in [0.15, 0.2) is 10.9 Å². The van der Waals surface area contributed by atoms with Gasteiger partial charge in [-0.1, -0.05) is 25.2 Å². The molecule has 1 aromatic rings. The number of hydrogen-bond donors (Lipinski definition) is 1. The highest BCUT2D eigenvalue weighted by Gasteiger charge is 2.34. The molecule has 20 heavy (non-hydrogen) atoms. The van der Waals surface area contributed by atoms with Crippen LogP contribution in [0.3, 0.4) is 0 Å². The maximum atomic E-state index is 12.2. The molecular weight excluding hydrogens is 274 g/mol. The lowest BCUT2D eigenvalue weighted by Gasteiger charge is -2.26. The van der Waals surface area contributed by atoms with E-state index in [1.807, 2.05) is 4.90 Å². The molecule has 0 radical (unpaired) electrons. The highest BCUT2D eigenvalue weighted by molar-refractivity contribution is 7.17. The van der Waals surface area contributed by atoms with Crippen LogP contribution >= 0.6 is 11.3 Å². The molecule has 0 spiro atoms. The number of aromatic nitrogens is 1. The second kappa shape index (κ2) is 4.84. The molecule has 0 bridgehead atoms. The Morgan fingerprint density at radius 2 is 2.10 bits per heavy atom. The van der Waals surface area contributed by atoms with Crippen molar-refractivity contribution in [2.45, 2.75) is 33.1 Å². The first kappa shape index (κ1) is 13.5. The van der Waals surface area contributed by atoms with E-state index in [0.717, 1.165) is 35.1 Å². The van der Waals surface area contributed by atoms with Gasteiger partial charge in [0.2, 0.25) is 5.91 Å². The Kier molecular flexibility index (Phi) is 3.28. The molecule has 108 valence electrons. The van der Waals surface area contributed by atoms with E-state index in [9.17, 15) is 9.59 Å². The van der Waals surface area contributed by atoms with Crippen molar-refractivity contribution in [2.75, 3.05) is 24.5 Å². The monoisotopic (exact) mass is 293 g/mol. The van der Waals surface area contributed by atoms with Crippen LogP contribution in [0.1, 0.15) is 42.1 Å². The van der Waals surface area contributed by atoms with Gasteiger partial charge in [-0.3, -0.25) is 9.59 Å². The van der Waals surface area contributed by atoms with Gasteiger partial charge in [-0.05, 0) is 18.3 Å². The number of nitrogens with one attached hydrogen (secondary N) is 1. The molecular formula is C14H19N3O2S. The molecule has 0 saturated carbocycles. The van der Waals surface area contributed by atoms with Crippen molar-refractivity contribution >= 4 is 28.2 Å². The molecule has 6 heteroatoms. The quantitative estimate of drug-likeness (QED) is 0.855. The summed E-state index contributed by atoms with van der Waals surface area (Å²) in [6.45, 7) is 6.07. The van der Waals surface area contributed by atoms with Crippen molar-refractivity contribution in [3.05, 3.63) is 10.6 Å². The van der Waals surface area contributed by atoms with E-state index in [-0.39, 0.29) is 17.1 Å². The minimum Gasteiger partial charge on any atom is -0.354 e. The summed E-state index contributed by atoms with van der Waals surface area (Å²) in [5.74, 6) is 0.224. The molecule has 0 aromatic carbocycles. The molecule has 1 saturated heterocycles. The van der Waals surface area contributed by atoms with E-state index in [1.165, 1.54) is 11.3 Å². The fourth-order valence-corrected chi connectivity index (χ4v) is 3.86. The molecule has 2 heterocycles. The third-order valence-electron chi connectivity index (χ3n) is 3.76. The van der Waals surface area contributed by atoms with Crippen molar-refractivity contribution in [2.24, 2.45) is 5.41 Å². The smallest absolute Gasteiger partial charge is 0.239 e. The Balaban J connectivity index is 1.89. The van der Waals surface area contributed by atoms with Gasteiger partial charge in [0, 0.05) is 19.5 Å². The summed E-state index contributed by atoms with van der Waals surface area (Å²) < 4.78 is 0. The lowest BCUT2D eigenvalue weighted by atomic mass is 9.78. The summed E-state index contributed by atoms with van der Waals surface area (Å²) in [7, 11) is 0. The summed E-state index contributed by atoms with van der Waals surface area (Å²) >= 11 is 1.45. The molecule has 2 aliphatic rings. The first-order valence-electron chi connectivity index (χ1n) is 6.99. The van der Waals surface area contributed by atoms with Crippen molar-refractivity contribution in [1.29, 1.82) is 0 Å². The molecule has 1 N–H and O–H groups in total. The normalized spacial score (nSPS) is 22.2. The van der Waals surface area contributed by atoms with Crippen molar-refractivity contribution < 1.29 is 9.59 Å². The third-order valence-corrected chi connectivity index (χ3v) is 4.96. The topological polar surface area (TPSA) is 62.3 Å². The van der Waals surface area contributed by atoms with E-state index in [2.05, 4.69) is 24.1 Å². The average molecular weight is 293 g/mol. The molecule has 5 nitrogen and oxygen atoms in total. The van der Waals surface area contributed by atoms with Gasteiger partial charge >= 0.3 is 0 Å². The average Bonchev–Trinajstić information content (AvgIpc) is 2.63. The minimum atomic E-state index is -0.00834. The molecule has 1 aliphatic carbocycles. The molecule has 1 amide bonds. The molecule has 1 fully saturated rings. The highest BCUT2D eigenvalue weighted by Crippen LogP contribution is 2.39. The Morgan fingerprint density at radius 3 is 2.90 bits per heavy atom. The summed E-state index contributed by atoms with van der Waals surface area (Å²) in [6, 6.07) is 0. The van der Waals surface area contributed by atoms with Crippen LogP contribution in [0.2, 0.25) is 0 Å². The lowest BCUT2D eigenvalue weighted by molar-refractivity contribution is -0.119. The summed E-state index contributed by atoms with van der Waals surface area (Å²) in [4.78, 5) is 31.3. The summed E-state index contributed by atoms with van der Waals surface area (Å²) in [6.07, 6.45) is 2.34. The van der Waals surface area contributed by atoms with Crippen molar-refractivity contribution in [1.82, 2.24) is 10.3 Å². The van der Waals surface area contributed by atoms with Gasteiger partial charge in [0.25, 0.3) is 0 Å². The Hall–Kier alpha value is -1.43. The van der Waals surface area contributed by atoms with Crippen LogP contribution < -0.4 is 10.2 Å². The van der Waals surface area contributed by atoms with E-state index >= 15 is 0 Å². The van der Waals surface area contributed by atoms with Crippen LogP contribution in [0.25, 0.3) is 0 Å². The number of amides is 1. The Bertz CT molecular complexity index is 565. The SMILES string of the molecule is CC1(C)CC(=O)c2sc(N3CCCNC(=O)C3)nc2C1. The van der Waals surface area contributed by atoms with Gasteiger partial charge in [-0.25, -0.2) is 4.98 Å². The van der Waals surface area contributed by atoms with Crippen molar-refractivity contribution in [3.8, 4) is 0 Å². The number of anilines is 1. The number of carbonyl (C=O) groups is 2. The lowest BCUT2D eigenvalue weighted by Crippen LogP contribution is -2.33. The highest BCUT2D eigenvalue weighted by atomic mass is 32.1. The van der Waals surface area contributed by atoms with Crippen LogP contribution in [-0.2, 0) is 11.2 Å². The number of fused-ring (bicyclic) bond motifs is 1. The van der Waals surface area contributed by atoms with Gasteiger partial charge in [0.05, 0.1) is 17.1 Å². The second-order valence-electron chi connectivity index (χ2n) is 6.34. The molecule has 3 rings (SSSR count). The fraction of sp³-hybridized carbons (Fsp3) is 0.643. The Morgan fingerprint density at radius 1 is 1.30 bits per heavy atom. The number of hydrogen-bond acceptors (Lipinski definition) is 5. The number of rotatable bonds is 1. The van der Waals surface area contributed by atoms with Crippen LogP contribution in [0.4, 0.5) is 5.13 Å². The number of Topliss-reactive ketones (excluding diaryl/α,β-unsaturated/α-hetero) is 1. The van der Waals surface area contributed by atoms with Crippen LogP contribution in [0.5, 0.6) is 0 Å². The largest absolute Gasteiger partial charge is 0.354 e. The second-order valence-corrected chi connectivity index (χ2v) is 7.32. The van der Waals surface area contributed by atoms with E-state index < -0.39 is 0 Å². The van der Waals surface area contributed by atoms with Crippen LogP contribution in [0.15, 0.2) is 0 Å². The van der Waals surface area contributed by atoms with E-state index in [4.69, 9.17) is 0 Å². The maximum absolute atomic E-state index is 12.2. The predicted octanol–water partition coefficient (Wildman–Crippen LogP) is 1.62. The van der Waals surface area contributed by atoms with E-state index in [0.29, 0.717) is 19.5 Å². The van der Waals surface area contributed by atoms with Crippen LogP contribution in [0, 0.1) is 5.41 Å². The molecule has 0 unspecified atom stereocenters. The van der Waals surface area contributed by atoms with Crippen LogP contribution in [-0.4, -0.2) is 36.3 Å². The first-order valence-corrected chi connectivity index (χ1v) is 7.81. The number of nitrogens with zero attached hydrogens (tertiary/aromatic N) is 2. The van der Waals surface area contributed by atoms with Crippen molar-refractivity contribution in [3.63, 3.8) is 0 Å². The molecule has 1 aliphatic heterocycles. The summed E-state index contributed by atoms with van der Waals surface area (Å²) in [5.41, 5.74) is 0.905. The van der Waals surface area contributed by atoms with E-state index in [1.54, 1.807) is 0 Å².